The maximum Gasteiger partial charge on any atom is 0.415 e. The van der Waals surface area contributed by atoms with E-state index in [1.54, 1.807) is 17.2 Å². The number of cyclic esters (lactones) is 1. The molecule has 3 heterocycles. The molecule has 9 heteroatoms. The molecule has 1 fully saturated rings. The zero-order valence-electron chi connectivity index (χ0n) is 15.5. The minimum atomic E-state index is -0.387. The number of rotatable bonds is 7. The molecule has 1 unspecified atom stereocenters. The van der Waals surface area contributed by atoms with Gasteiger partial charge >= 0.3 is 6.09 Å². The molecule has 2 atom stereocenters. The number of anilines is 2. The van der Waals surface area contributed by atoms with Gasteiger partial charge in [0.1, 0.15) is 18.5 Å². The number of carbonyl (C=O) groups is 1. The van der Waals surface area contributed by atoms with Gasteiger partial charge in [-0.1, -0.05) is 25.9 Å². The highest BCUT2D eigenvalue weighted by Crippen LogP contribution is 2.26. The zero-order valence-corrected chi connectivity index (χ0v) is 15.5. The predicted octanol–water partition coefficient (Wildman–Crippen LogP) is 2.97. The first kappa shape index (κ1) is 18.1. The second kappa shape index (κ2) is 7.67. The molecule has 2 aromatic heterocycles. The van der Waals surface area contributed by atoms with Crippen molar-refractivity contribution in [1.29, 1.82) is 0 Å². The Morgan fingerprint density at radius 2 is 2.15 bits per heavy atom. The van der Waals surface area contributed by atoms with Gasteiger partial charge < -0.3 is 14.6 Å². The standard InChI is InChI=1S/C17H24N6O3/c1-5-6-13-20-15(26-22-13)11(4)19-16-18-8-7-14(21-16)23-12(10(2)3)9-25-17(23)24/h7-8,10-12H,5-6,9H2,1-4H3,(H,18,19,21)/t11-,12?/m1/s1. The van der Waals surface area contributed by atoms with Gasteiger partial charge in [0.15, 0.2) is 5.82 Å². The molecule has 2 aromatic rings. The Balaban J connectivity index is 1.75. The number of carbonyl (C=O) groups excluding carboxylic acids is 1. The van der Waals surface area contributed by atoms with Crippen LogP contribution in [0.5, 0.6) is 0 Å². The smallest absolute Gasteiger partial charge is 0.415 e. The maximum atomic E-state index is 12.1. The van der Waals surface area contributed by atoms with E-state index in [0.29, 0.717) is 30.1 Å². The summed E-state index contributed by atoms with van der Waals surface area (Å²) in [5.41, 5.74) is 0. The summed E-state index contributed by atoms with van der Waals surface area (Å²) < 4.78 is 10.5. The number of nitrogens with zero attached hydrogens (tertiary/aromatic N) is 5. The summed E-state index contributed by atoms with van der Waals surface area (Å²) >= 11 is 0. The molecular weight excluding hydrogens is 336 g/mol. The van der Waals surface area contributed by atoms with Crippen molar-refractivity contribution in [1.82, 2.24) is 20.1 Å². The van der Waals surface area contributed by atoms with E-state index in [1.165, 1.54) is 0 Å². The summed E-state index contributed by atoms with van der Waals surface area (Å²) in [5, 5.41) is 7.09. The molecular formula is C17H24N6O3. The second-order valence-electron chi connectivity index (χ2n) is 6.66. The van der Waals surface area contributed by atoms with E-state index in [-0.39, 0.29) is 24.1 Å². The van der Waals surface area contributed by atoms with Crippen LogP contribution in [-0.2, 0) is 11.2 Å². The molecule has 26 heavy (non-hydrogen) atoms. The van der Waals surface area contributed by atoms with Crippen molar-refractivity contribution in [2.75, 3.05) is 16.8 Å². The third-order valence-corrected chi connectivity index (χ3v) is 4.24. The van der Waals surface area contributed by atoms with Crippen LogP contribution in [0.15, 0.2) is 16.8 Å². The van der Waals surface area contributed by atoms with Gasteiger partial charge in [-0.05, 0) is 25.3 Å². The Labute approximate surface area is 152 Å². The van der Waals surface area contributed by atoms with Crippen LogP contribution in [0.4, 0.5) is 16.6 Å². The Morgan fingerprint density at radius 1 is 1.35 bits per heavy atom. The third kappa shape index (κ3) is 3.76. The minimum absolute atomic E-state index is 0.0461. The average Bonchev–Trinajstić information content (AvgIpc) is 3.22. The summed E-state index contributed by atoms with van der Waals surface area (Å²) in [6, 6.07) is 1.40. The van der Waals surface area contributed by atoms with E-state index in [9.17, 15) is 4.79 Å². The van der Waals surface area contributed by atoms with E-state index >= 15 is 0 Å². The summed E-state index contributed by atoms with van der Waals surface area (Å²) in [6.07, 6.45) is 2.95. The molecule has 1 aliphatic rings. The van der Waals surface area contributed by atoms with Crippen molar-refractivity contribution in [3.05, 3.63) is 24.0 Å². The van der Waals surface area contributed by atoms with E-state index in [4.69, 9.17) is 9.26 Å². The molecule has 1 amide bonds. The highest BCUT2D eigenvalue weighted by atomic mass is 16.6. The van der Waals surface area contributed by atoms with Gasteiger partial charge in [0.25, 0.3) is 0 Å². The first-order valence-electron chi connectivity index (χ1n) is 8.87. The van der Waals surface area contributed by atoms with Crippen LogP contribution in [-0.4, -0.2) is 38.9 Å². The molecule has 0 aliphatic carbocycles. The minimum Gasteiger partial charge on any atom is -0.447 e. The monoisotopic (exact) mass is 360 g/mol. The van der Waals surface area contributed by atoms with E-state index < -0.39 is 0 Å². The van der Waals surface area contributed by atoms with Crippen LogP contribution in [0, 0.1) is 5.92 Å². The number of aryl methyl sites for hydroxylation is 1. The largest absolute Gasteiger partial charge is 0.447 e. The molecule has 1 saturated heterocycles. The predicted molar refractivity (Wildman–Crippen MR) is 94.8 cm³/mol. The Bertz CT molecular complexity index is 762. The zero-order chi connectivity index (χ0) is 18.7. The Hall–Kier alpha value is -2.71. The topological polar surface area (TPSA) is 106 Å². The van der Waals surface area contributed by atoms with Gasteiger partial charge in [-0.2, -0.15) is 9.97 Å². The van der Waals surface area contributed by atoms with Crippen LogP contribution in [0.2, 0.25) is 0 Å². The van der Waals surface area contributed by atoms with E-state index in [2.05, 4.69) is 32.3 Å². The molecule has 0 bridgehead atoms. The molecule has 3 rings (SSSR count). The Morgan fingerprint density at radius 3 is 2.88 bits per heavy atom. The van der Waals surface area contributed by atoms with Gasteiger partial charge in [0.2, 0.25) is 11.8 Å². The lowest BCUT2D eigenvalue weighted by atomic mass is 10.0. The number of ether oxygens (including phenoxy) is 1. The van der Waals surface area contributed by atoms with Crippen LogP contribution in [0.3, 0.4) is 0 Å². The molecule has 1 N–H and O–H groups in total. The lowest BCUT2D eigenvalue weighted by Crippen LogP contribution is -2.37. The number of hydrogen-bond donors (Lipinski definition) is 1. The van der Waals surface area contributed by atoms with Crippen molar-refractivity contribution in [2.45, 2.75) is 52.6 Å². The van der Waals surface area contributed by atoms with Gasteiger partial charge in [-0.3, -0.25) is 4.90 Å². The summed E-state index contributed by atoms with van der Waals surface area (Å²) in [6.45, 7) is 8.41. The molecule has 0 radical (unpaired) electrons. The highest BCUT2D eigenvalue weighted by molar-refractivity contribution is 5.89. The van der Waals surface area contributed by atoms with E-state index in [1.807, 2.05) is 20.8 Å². The van der Waals surface area contributed by atoms with Crippen LogP contribution in [0.1, 0.15) is 51.9 Å². The fraction of sp³-hybridized carbons (Fsp3) is 0.588. The van der Waals surface area contributed by atoms with Gasteiger partial charge in [0.05, 0.1) is 6.04 Å². The molecule has 140 valence electrons. The first-order valence-corrected chi connectivity index (χ1v) is 8.87. The molecule has 0 saturated carbocycles. The van der Waals surface area contributed by atoms with Crippen LogP contribution < -0.4 is 10.2 Å². The summed E-state index contributed by atoms with van der Waals surface area (Å²) in [4.78, 5) is 26.7. The Kier molecular flexibility index (Phi) is 5.34. The SMILES string of the molecule is CCCc1noc([C@@H](C)Nc2nccc(N3C(=O)OCC3C(C)C)n2)n1. The van der Waals surface area contributed by atoms with Gasteiger partial charge in [0, 0.05) is 12.6 Å². The number of amides is 1. The molecule has 1 aliphatic heterocycles. The number of hydrogen-bond acceptors (Lipinski definition) is 8. The van der Waals surface area contributed by atoms with Crippen molar-refractivity contribution in [2.24, 2.45) is 5.92 Å². The van der Waals surface area contributed by atoms with Crippen LogP contribution in [0.25, 0.3) is 0 Å². The van der Waals surface area contributed by atoms with Crippen molar-refractivity contribution >= 4 is 17.9 Å². The first-order chi connectivity index (χ1) is 12.5. The van der Waals surface area contributed by atoms with Gasteiger partial charge in [-0.25, -0.2) is 9.78 Å². The third-order valence-electron chi connectivity index (χ3n) is 4.24. The van der Waals surface area contributed by atoms with Crippen molar-refractivity contribution < 1.29 is 14.1 Å². The quantitative estimate of drug-likeness (QED) is 0.803. The highest BCUT2D eigenvalue weighted by Gasteiger charge is 2.37. The maximum absolute atomic E-state index is 12.1. The van der Waals surface area contributed by atoms with Crippen molar-refractivity contribution in [3.63, 3.8) is 0 Å². The summed E-state index contributed by atoms with van der Waals surface area (Å²) in [7, 11) is 0. The van der Waals surface area contributed by atoms with Crippen LogP contribution >= 0.6 is 0 Å². The molecule has 0 aromatic carbocycles. The molecule has 9 nitrogen and oxygen atoms in total. The molecule has 0 spiro atoms. The summed E-state index contributed by atoms with van der Waals surface area (Å²) in [5.74, 6) is 2.30. The average molecular weight is 360 g/mol. The lowest BCUT2D eigenvalue weighted by molar-refractivity contribution is 0.177. The lowest BCUT2D eigenvalue weighted by Gasteiger charge is -2.23. The normalized spacial score (nSPS) is 18.3. The second-order valence-corrected chi connectivity index (χ2v) is 6.66. The van der Waals surface area contributed by atoms with E-state index in [0.717, 1.165) is 12.8 Å². The van der Waals surface area contributed by atoms with Crippen molar-refractivity contribution in [3.8, 4) is 0 Å². The fourth-order valence-corrected chi connectivity index (χ4v) is 2.77. The van der Waals surface area contributed by atoms with Gasteiger partial charge in [-0.15, -0.1) is 0 Å². The fourth-order valence-electron chi connectivity index (χ4n) is 2.77. The number of nitrogens with one attached hydrogen (secondary N) is 1. The number of aromatic nitrogens is 4.